The van der Waals surface area contributed by atoms with Gasteiger partial charge in [-0.15, -0.1) is 0 Å². The molecule has 4 rings (SSSR count). The van der Waals surface area contributed by atoms with E-state index >= 15 is 0 Å². The fraction of sp³-hybridized carbons (Fsp3) is 0.435. The third-order valence-corrected chi connectivity index (χ3v) is 8.32. The van der Waals surface area contributed by atoms with Crippen molar-refractivity contribution in [2.45, 2.75) is 57.0 Å². The molecule has 1 aliphatic heterocycles. The minimum Gasteiger partial charge on any atom is -0.372 e. The highest BCUT2D eigenvalue weighted by Crippen LogP contribution is 2.25. The number of aryl methyl sites for hydroxylation is 1. The number of sulfonamides is 1. The van der Waals surface area contributed by atoms with Crippen LogP contribution in [0, 0.1) is 0 Å². The van der Waals surface area contributed by atoms with Gasteiger partial charge in [0.05, 0.1) is 15.1 Å². The molecule has 8 heteroatoms. The van der Waals surface area contributed by atoms with Crippen molar-refractivity contribution in [3.63, 3.8) is 0 Å². The van der Waals surface area contributed by atoms with Crippen LogP contribution in [0.5, 0.6) is 0 Å². The molecule has 31 heavy (non-hydrogen) atoms. The van der Waals surface area contributed by atoms with Crippen molar-refractivity contribution in [3.05, 3.63) is 57.7 Å². The van der Waals surface area contributed by atoms with Gasteiger partial charge in [-0.1, -0.05) is 30.4 Å². The highest BCUT2D eigenvalue weighted by atomic mass is 32.2. The van der Waals surface area contributed by atoms with Crippen molar-refractivity contribution in [3.8, 4) is 0 Å². The molecule has 166 valence electrons. The molecule has 1 N–H and O–H groups in total. The van der Waals surface area contributed by atoms with Crippen LogP contribution < -0.4 is 14.5 Å². The first-order valence-electron chi connectivity index (χ1n) is 10.9. The zero-order chi connectivity index (χ0) is 22.0. The van der Waals surface area contributed by atoms with E-state index in [-0.39, 0.29) is 15.8 Å². The Morgan fingerprint density at radius 1 is 1.06 bits per heavy atom. The summed E-state index contributed by atoms with van der Waals surface area (Å²) in [6, 6.07) is 12.7. The largest absolute Gasteiger partial charge is 0.372 e. The quantitative estimate of drug-likeness (QED) is 0.565. The second-order valence-electron chi connectivity index (χ2n) is 8.13. The number of hydrogen-bond acceptors (Lipinski definition) is 5. The van der Waals surface area contributed by atoms with Crippen LogP contribution in [-0.4, -0.2) is 26.1 Å². The molecule has 1 fully saturated rings. The van der Waals surface area contributed by atoms with Gasteiger partial charge in [0.25, 0.3) is 0 Å². The molecule has 0 saturated carbocycles. The van der Waals surface area contributed by atoms with E-state index in [1.165, 1.54) is 24.9 Å². The second-order valence-corrected chi connectivity index (χ2v) is 10.8. The normalized spacial score (nSPS) is 16.0. The molecule has 2 aromatic carbocycles. The van der Waals surface area contributed by atoms with E-state index in [9.17, 15) is 13.2 Å². The lowest BCUT2D eigenvalue weighted by molar-refractivity contribution is 0.566. The third-order valence-electron chi connectivity index (χ3n) is 5.84. The van der Waals surface area contributed by atoms with E-state index in [0.29, 0.717) is 11.2 Å². The van der Waals surface area contributed by atoms with Gasteiger partial charge in [0, 0.05) is 31.4 Å². The van der Waals surface area contributed by atoms with Crippen LogP contribution in [-0.2, 0) is 16.6 Å². The number of nitrogens with zero attached hydrogens (tertiary/aromatic N) is 2. The average Bonchev–Trinajstić information content (AvgIpc) is 3.09. The summed E-state index contributed by atoms with van der Waals surface area (Å²) in [5.74, 6) is 0. The lowest BCUT2D eigenvalue weighted by atomic mass is 10.1. The Morgan fingerprint density at radius 2 is 1.77 bits per heavy atom. The number of anilines is 1. The number of aromatic nitrogens is 1. The third kappa shape index (κ3) is 4.71. The standard InChI is InChI=1S/C23H29N3O3S2/c1-3-13-26-21-12-11-20(16-22(21)30-23(26)27)31(28,29)24-17(2)18-7-9-19(10-8-18)25-14-5-4-6-15-25/h7-12,16-17,24H,3-6,13-15H2,1-2H3/t17-/m0/s1. The predicted octanol–water partition coefficient (Wildman–Crippen LogP) is 4.50. The van der Waals surface area contributed by atoms with E-state index < -0.39 is 10.0 Å². The SMILES string of the molecule is CCCn1c(=O)sc2cc(S(=O)(=O)N[C@@H](C)c3ccc(N4CCCCC4)cc3)ccc21. The summed E-state index contributed by atoms with van der Waals surface area (Å²) >= 11 is 1.09. The van der Waals surface area contributed by atoms with Crippen LogP contribution in [0.2, 0.25) is 0 Å². The van der Waals surface area contributed by atoms with Gasteiger partial charge in [0.1, 0.15) is 0 Å². The number of thiazole rings is 1. The molecule has 1 saturated heterocycles. The van der Waals surface area contributed by atoms with Gasteiger partial charge in [-0.05, 0) is 68.5 Å². The fourth-order valence-electron chi connectivity index (χ4n) is 4.14. The zero-order valence-corrected chi connectivity index (χ0v) is 19.6. The predicted molar refractivity (Wildman–Crippen MR) is 128 cm³/mol. The van der Waals surface area contributed by atoms with Gasteiger partial charge in [-0.25, -0.2) is 13.1 Å². The number of rotatable bonds is 7. The molecule has 0 bridgehead atoms. The van der Waals surface area contributed by atoms with Crippen LogP contribution in [0.15, 0.2) is 52.2 Å². The minimum atomic E-state index is -3.71. The summed E-state index contributed by atoms with van der Waals surface area (Å²) in [7, 11) is -3.71. The lowest BCUT2D eigenvalue weighted by Crippen LogP contribution is -2.29. The summed E-state index contributed by atoms with van der Waals surface area (Å²) < 4.78 is 31.2. The summed E-state index contributed by atoms with van der Waals surface area (Å²) in [5, 5.41) is 0. The van der Waals surface area contributed by atoms with Crippen molar-refractivity contribution in [1.82, 2.24) is 9.29 Å². The van der Waals surface area contributed by atoms with Gasteiger partial charge in [-0.3, -0.25) is 9.36 Å². The Kier molecular flexibility index (Phi) is 6.50. The molecule has 1 aliphatic rings. The Morgan fingerprint density at radius 3 is 2.45 bits per heavy atom. The van der Waals surface area contributed by atoms with Crippen molar-refractivity contribution in [2.24, 2.45) is 0 Å². The van der Waals surface area contributed by atoms with E-state index in [1.54, 1.807) is 22.8 Å². The van der Waals surface area contributed by atoms with Gasteiger partial charge >= 0.3 is 4.87 Å². The van der Waals surface area contributed by atoms with E-state index in [0.717, 1.165) is 41.9 Å². The maximum Gasteiger partial charge on any atom is 0.308 e. The molecule has 0 amide bonds. The molecule has 3 aromatic rings. The van der Waals surface area contributed by atoms with Crippen molar-refractivity contribution >= 4 is 37.3 Å². The Labute approximate surface area is 187 Å². The summed E-state index contributed by atoms with van der Waals surface area (Å²) in [6.07, 6.45) is 4.58. The number of fused-ring (bicyclic) bond motifs is 1. The summed E-state index contributed by atoms with van der Waals surface area (Å²) in [6.45, 7) is 6.65. The van der Waals surface area contributed by atoms with Crippen molar-refractivity contribution < 1.29 is 8.42 Å². The Bertz CT molecular complexity index is 1210. The van der Waals surface area contributed by atoms with Crippen LogP contribution >= 0.6 is 11.3 Å². The maximum absolute atomic E-state index is 13.0. The van der Waals surface area contributed by atoms with E-state index in [4.69, 9.17) is 0 Å². The minimum absolute atomic E-state index is 0.0541. The molecule has 2 heterocycles. The van der Waals surface area contributed by atoms with Gasteiger partial charge in [-0.2, -0.15) is 0 Å². The van der Waals surface area contributed by atoms with Gasteiger partial charge in [0.2, 0.25) is 10.0 Å². The van der Waals surface area contributed by atoms with Crippen LogP contribution in [0.3, 0.4) is 0 Å². The average molecular weight is 460 g/mol. The number of piperidine rings is 1. The van der Waals surface area contributed by atoms with Crippen molar-refractivity contribution in [1.29, 1.82) is 0 Å². The Balaban J connectivity index is 1.52. The first-order chi connectivity index (χ1) is 14.9. The maximum atomic E-state index is 13.0. The number of benzene rings is 2. The monoisotopic (exact) mass is 459 g/mol. The zero-order valence-electron chi connectivity index (χ0n) is 18.0. The molecule has 1 atom stereocenters. The summed E-state index contributed by atoms with van der Waals surface area (Å²) in [4.78, 5) is 14.7. The molecule has 0 unspecified atom stereocenters. The first kappa shape index (κ1) is 22.0. The van der Waals surface area contributed by atoms with Gasteiger partial charge in [0.15, 0.2) is 0 Å². The lowest BCUT2D eigenvalue weighted by Gasteiger charge is -2.29. The van der Waals surface area contributed by atoms with E-state index in [1.807, 2.05) is 26.0 Å². The fourth-order valence-corrected chi connectivity index (χ4v) is 6.43. The molecule has 0 spiro atoms. The van der Waals surface area contributed by atoms with Crippen molar-refractivity contribution in [2.75, 3.05) is 18.0 Å². The van der Waals surface area contributed by atoms with E-state index in [2.05, 4.69) is 21.8 Å². The van der Waals surface area contributed by atoms with Gasteiger partial charge < -0.3 is 4.90 Å². The number of hydrogen-bond donors (Lipinski definition) is 1. The smallest absolute Gasteiger partial charge is 0.308 e. The first-order valence-corrected chi connectivity index (χ1v) is 13.2. The van der Waals surface area contributed by atoms with Crippen LogP contribution in [0.4, 0.5) is 5.69 Å². The molecule has 0 radical (unpaired) electrons. The molecule has 6 nitrogen and oxygen atoms in total. The highest BCUT2D eigenvalue weighted by molar-refractivity contribution is 7.89. The van der Waals surface area contributed by atoms with Crippen LogP contribution in [0.1, 0.15) is 51.1 Å². The molecule has 0 aliphatic carbocycles. The second kappa shape index (κ2) is 9.14. The molecular weight excluding hydrogens is 430 g/mol. The number of nitrogens with one attached hydrogen (secondary N) is 1. The highest BCUT2D eigenvalue weighted by Gasteiger charge is 2.20. The molecular formula is C23H29N3O3S2. The summed E-state index contributed by atoms with van der Waals surface area (Å²) in [5.41, 5.74) is 2.90. The topological polar surface area (TPSA) is 71.4 Å². The molecule has 1 aromatic heterocycles. The van der Waals surface area contributed by atoms with Crippen LogP contribution in [0.25, 0.3) is 10.2 Å². The Hall–Kier alpha value is -2.16.